The van der Waals surface area contributed by atoms with Crippen molar-refractivity contribution in [3.8, 4) is 11.5 Å². The maximum Gasteiger partial charge on any atom is 0.252 e. The Bertz CT molecular complexity index is 1110. The molecule has 1 atom stereocenters. The number of rotatable bonds is 8. The van der Waals surface area contributed by atoms with Gasteiger partial charge in [-0.1, -0.05) is 30.7 Å². The predicted octanol–water partition coefficient (Wildman–Crippen LogP) is 4.90. The Balaban J connectivity index is 1.31. The van der Waals surface area contributed by atoms with Gasteiger partial charge in [-0.3, -0.25) is 4.79 Å². The van der Waals surface area contributed by atoms with Gasteiger partial charge in [-0.15, -0.1) is 11.3 Å². The number of benzene rings is 2. The van der Waals surface area contributed by atoms with Gasteiger partial charge in [0.2, 0.25) is 0 Å². The van der Waals surface area contributed by atoms with Crippen molar-refractivity contribution in [2.45, 2.75) is 35.9 Å². The normalized spacial score (nSPS) is 17.1. The Kier molecular flexibility index (Phi) is 7.24. The van der Waals surface area contributed by atoms with Crippen LogP contribution in [0.4, 0.5) is 0 Å². The molecule has 1 amide bonds. The van der Waals surface area contributed by atoms with E-state index in [9.17, 15) is 13.2 Å². The van der Waals surface area contributed by atoms with E-state index in [-0.39, 0.29) is 11.9 Å². The first-order chi connectivity index (χ1) is 15.5. The summed E-state index contributed by atoms with van der Waals surface area (Å²) in [6.45, 7) is 0.948. The van der Waals surface area contributed by atoms with E-state index in [0.717, 1.165) is 25.0 Å². The van der Waals surface area contributed by atoms with Crippen molar-refractivity contribution in [3.05, 3.63) is 77.7 Å². The number of hydrogen-bond donors (Lipinski definition) is 1. The number of hydrogen-bond acceptors (Lipinski definition) is 5. The van der Waals surface area contributed by atoms with Crippen LogP contribution in [-0.4, -0.2) is 37.8 Å². The molecule has 32 heavy (non-hydrogen) atoms. The first-order valence-electron chi connectivity index (χ1n) is 10.7. The van der Waals surface area contributed by atoms with Crippen LogP contribution in [0.3, 0.4) is 0 Å². The molecule has 0 aliphatic carbocycles. The molecule has 1 unspecified atom stereocenters. The molecule has 168 valence electrons. The van der Waals surface area contributed by atoms with E-state index in [1.54, 1.807) is 46.1 Å². The highest BCUT2D eigenvalue weighted by molar-refractivity contribution is 7.91. The first kappa shape index (κ1) is 22.5. The summed E-state index contributed by atoms with van der Waals surface area (Å²) in [5.41, 5.74) is 0.539. The highest BCUT2D eigenvalue weighted by Crippen LogP contribution is 2.29. The van der Waals surface area contributed by atoms with E-state index < -0.39 is 10.0 Å². The lowest BCUT2D eigenvalue weighted by Gasteiger charge is -2.34. The molecule has 8 heteroatoms. The average Bonchev–Trinajstić information content (AvgIpc) is 3.37. The molecule has 4 rings (SSSR count). The number of piperidine rings is 1. The second kappa shape index (κ2) is 10.3. The molecule has 2 heterocycles. The van der Waals surface area contributed by atoms with Crippen molar-refractivity contribution in [2.24, 2.45) is 0 Å². The summed E-state index contributed by atoms with van der Waals surface area (Å²) in [5.74, 6) is 1.21. The van der Waals surface area contributed by atoms with E-state index >= 15 is 0 Å². The summed E-state index contributed by atoms with van der Waals surface area (Å²) in [6, 6.07) is 19.7. The van der Waals surface area contributed by atoms with Crippen LogP contribution in [0.1, 0.15) is 36.0 Å². The zero-order valence-electron chi connectivity index (χ0n) is 17.6. The molecule has 1 saturated heterocycles. The van der Waals surface area contributed by atoms with Gasteiger partial charge in [0.15, 0.2) is 0 Å². The van der Waals surface area contributed by atoms with E-state index in [1.807, 2.05) is 30.3 Å². The molecule has 3 aromatic rings. The van der Waals surface area contributed by atoms with Gasteiger partial charge in [-0.05, 0) is 67.1 Å². The largest absolute Gasteiger partial charge is 0.457 e. The molecule has 1 aliphatic heterocycles. The van der Waals surface area contributed by atoms with Crippen LogP contribution in [-0.2, 0) is 10.0 Å². The Labute approximate surface area is 192 Å². The summed E-state index contributed by atoms with van der Waals surface area (Å²) in [6.07, 6.45) is 3.26. The average molecular weight is 471 g/mol. The van der Waals surface area contributed by atoms with Crippen LogP contribution in [0.5, 0.6) is 11.5 Å². The van der Waals surface area contributed by atoms with E-state index in [0.29, 0.717) is 35.0 Å². The maximum atomic E-state index is 13.0. The number of sulfonamides is 1. The minimum atomic E-state index is -3.48. The van der Waals surface area contributed by atoms with Crippen molar-refractivity contribution >= 4 is 27.3 Å². The minimum Gasteiger partial charge on any atom is -0.457 e. The Morgan fingerprint density at radius 3 is 2.47 bits per heavy atom. The Morgan fingerprint density at radius 1 is 1.00 bits per heavy atom. The zero-order valence-corrected chi connectivity index (χ0v) is 19.3. The van der Waals surface area contributed by atoms with Gasteiger partial charge < -0.3 is 10.1 Å². The standard InChI is InChI=1S/C24H26N2O4S2/c27-24(19-11-13-22(14-12-19)30-21-8-2-1-3-9-21)25-16-15-20-7-4-5-17-26(20)32(28,29)23-10-6-18-31-23/h1-3,6,8-14,18,20H,4-5,7,15-17H2,(H,25,27). The van der Waals surface area contributed by atoms with Crippen molar-refractivity contribution in [2.75, 3.05) is 13.1 Å². The van der Waals surface area contributed by atoms with Gasteiger partial charge in [0, 0.05) is 24.7 Å². The van der Waals surface area contributed by atoms with Crippen LogP contribution in [0.25, 0.3) is 0 Å². The molecule has 0 radical (unpaired) electrons. The lowest BCUT2D eigenvalue weighted by atomic mass is 10.0. The molecule has 0 bridgehead atoms. The second-order valence-corrected chi connectivity index (χ2v) is 10.7. The molecule has 1 aliphatic rings. The number of carbonyl (C=O) groups is 1. The van der Waals surface area contributed by atoms with Gasteiger partial charge >= 0.3 is 0 Å². The number of carbonyl (C=O) groups excluding carboxylic acids is 1. The smallest absolute Gasteiger partial charge is 0.252 e. The van der Waals surface area contributed by atoms with Gasteiger partial charge in [0.1, 0.15) is 15.7 Å². The van der Waals surface area contributed by atoms with Crippen LogP contribution in [0.2, 0.25) is 0 Å². The summed E-state index contributed by atoms with van der Waals surface area (Å²) < 4.78 is 33.7. The number of nitrogens with one attached hydrogen (secondary N) is 1. The fraction of sp³-hybridized carbons (Fsp3) is 0.292. The van der Waals surface area contributed by atoms with Gasteiger partial charge in [0.25, 0.3) is 15.9 Å². The van der Waals surface area contributed by atoms with Crippen LogP contribution in [0, 0.1) is 0 Å². The Hall–Kier alpha value is -2.68. The summed E-state index contributed by atoms with van der Waals surface area (Å²) in [4.78, 5) is 12.5. The first-order valence-corrected chi connectivity index (χ1v) is 13.0. The fourth-order valence-corrected chi connectivity index (χ4v) is 6.70. The molecule has 2 aromatic carbocycles. The summed E-state index contributed by atoms with van der Waals surface area (Å²) >= 11 is 1.24. The zero-order chi connectivity index (χ0) is 22.4. The van der Waals surface area contributed by atoms with Crippen molar-refractivity contribution in [3.63, 3.8) is 0 Å². The number of para-hydroxylation sites is 1. The highest BCUT2D eigenvalue weighted by Gasteiger charge is 2.33. The second-order valence-electron chi connectivity index (χ2n) is 7.68. The van der Waals surface area contributed by atoms with E-state index in [1.165, 1.54) is 11.3 Å². The Morgan fingerprint density at radius 2 is 1.75 bits per heavy atom. The minimum absolute atomic E-state index is 0.0993. The SMILES string of the molecule is O=C(NCCC1CCCCN1S(=O)(=O)c1cccs1)c1ccc(Oc2ccccc2)cc1. The maximum absolute atomic E-state index is 13.0. The molecule has 1 fully saturated rings. The predicted molar refractivity (Wildman–Crippen MR) is 126 cm³/mol. The van der Waals surface area contributed by atoms with Crippen molar-refractivity contribution in [1.82, 2.24) is 9.62 Å². The quantitative estimate of drug-likeness (QED) is 0.508. The van der Waals surface area contributed by atoms with Crippen LogP contribution >= 0.6 is 11.3 Å². The van der Waals surface area contributed by atoms with Gasteiger partial charge in [0.05, 0.1) is 0 Å². The summed E-state index contributed by atoms with van der Waals surface area (Å²) in [7, 11) is -3.48. The summed E-state index contributed by atoms with van der Waals surface area (Å²) in [5, 5.41) is 4.70. The van der Waals surface area contributed by atoms with Crippen molar-refractivity contribution in [1.29, 1.82) is 0 Å². The lowest BCUT2D eigenvalue weighted by molar-refractivity contribution is 0.0949. The topological polar surface area (TPSA) is 75.7 Å². The molecule has 1 N–H and O–H groups in total. The van der Waals surface area contributed by atoms with Gasteiger partial charge in [-0.25, -0.2) is 8.42 Å². The number of thiophene rings is 1. The van der Waals surface area contributed by atoms with Gasteiger partial charge in [-0.2, -0.15) is 4.31 Å². The van der Waals surface area contributed by atoms with E-state index in [2.05, 4.69) is 5.32 Å². The lowest BCUT2D eigenvalue weighted by Crippen LogP contribution is -2.44. The molecule has 0 saturated carbocycles. The molecular formula is C24H26N2O4S2. The third-order valence-corrected chi connectivity index (χ3v) is 8.81. The highest BCUT2D eigenvalue weighted by atomic mass is 32.2. The molecular weight excluding hydrogens is 444 g/mol. The molecule has 1 aromatic heterocycles. The number of amides is 1. The monoisotopic (exact) mass is 470 g/mol. The van der Waals surface area contributed by atoms with E-state index in [4.69, 9.17) is 4.74 Å². The van der Waals surface area contributed by atoms with Crippen LogP contribution in [0.15, 0.2) is 76.3 Å². The third kappa shape index (κ3) is 5.38. The third-order valence-electron chi connectivity index (χ3n) is 5.49. The fourth-order valence-electron chi connectivity index (χ4n) is 3.86. The van der Waals surface area contributed by atoms with Crippen molar-refractivity contribution < 1.29 is 17.9 Å². The number of nitrogens with zero attached hydrogens (tertiary/aromatic N) is 1. The van der Waals surface area contributed by atoms with Crippen LogP contribution < -0.4 is 10.1 Å². The number of ether oxygens (including phenoxy) is 1. The molecule has 6 nitrogen and oxygen atoms in total. The molecule has 0 spiro atoms.